The molecule has 0 bridgehead atoms. The zero-order chi connectivity index (χ0) is 56.8. The molecule has 15 rings (SSSR count). The molecule has 0 radical (unpaired) electrons. The van der Waals surface area contributed by atoms with Crippen molar-refractivity contribution in [3.8, 4) is 11.3 Å². The molecule has 4 aromatic heterocycles. The number of hydrogen-bond acceptors (Lipinski definition) is 4. The van der Waals surface area contributed by atoms with Crippen LogP contribution < -0.4 is 9.80 Å². The van der Waals surface area contributed by atoms with E-state index < -0.39 is 0 Å². The van der Waals surface area contributed by atoms with E-state index in [2.05, 4.69) is 244 Å². The van der Waals surface area contributed by atoms with Gasteiger partial charge in [-0.25, -0.2) is 0 Å². The van der Waals surface area contributed by atoms with E-state index in [0.29, 0.717) is 0 Å². The van der Waals surface area contributed by atoms with E-state index in [1.165, 1.54) is 119 Å². The fraction of sp³-hybridized carbons (Fsp3) is 0.241. The Morgan fingerprint density at radius 1 is 0.393 bits per heavy atom. The minimum atomic E-state index is -0.289. The molecule has 0 N–H and O–H groups in total. The summed E-state index contributed by atoms with van der Waals surface area (Å²) in [6.45, 7) is 13.9. The molecule has 0 atom stereocenters. The Kier molecular flexibility index (Phi) is 12.9. The second kappa shape index (κ2) is 20.8. The molecule has 5 nitrogen and oxygen atoms in total. The number of hydrogen-bond donors (Lipinski definition) is 0. The number of aryl methyl sites for hydroxylation is 4. The van der Waals surface area contributed by atoms with Crippen LogP contribution in [0.3, 0.4) is 0 Å². The number of furan rings is 2. The number of anilines is 6. The van der Waals surface area contributed by atoms with Crippen LogP contribution in [-0.2, 0) is 31.1 Å². The summed E-state index contributed by atoms with van der Waals surface area (Å²) in [6.07, 6.45) is 13.5. The molecule has 1 aliphatic carbocycles. The minimum absolute atomic E-state index is 0.289. The average molecular weight is 1100 g/mol. The molecular formula is C79H73N3O2. The number of unbranched alkanes of at least 4 members (excludes halogenated alkanes) is 4. The van der Waals surface area contributed by atoms with Gasteiger partial charge in [-0.3, -0.25) is 0 Å². The lowest BCUT2D eigenvalue weighted by Gasteiger charge is -2.28. The molecule has 0 spiro atoms. The van der Waals surface area contributed by atoms with Crippen molar-refractivity contribution in [2.45, 2.75) is 124 Å². The highest BCUT2D eigenvalue weighted by atomic mass is 16.3. The zero-order valence-electron chi connectivity index (χ0n) is 49.5. The smallest absolute Gasteiger partial charge is 0.138 e. The van der Waals surface area contributed by atoms with Crippen LogP contribution in [0.2, 0.25) is 0 Å². The maximum Gasteiger partial charge on any atom is 0.138 e. The second-order valence-electron chi connectivity index (χ2n) is 24.6. The number of para-hydroxylation sites is 3. The Balaban J connectivity index is 0.869. The standard InChI is InChI=1S/C79H73N3O2/c1-7-11-18-50-28-33-56(34-29-50)80(60-38-41-62-65-25-15-22-52(20-13-9-3)77(65)83-72(62)48-60)58-37-32-54-45-69-64-24-17-27-68-74-76(82(75(64)68)71(69)46-55(54)44-58)67-43-40-59(47-70(67)79(74,5)6)81(57-35-30-51(31-36-57)19-12-8-2)61-39-42-63-66-26-16-23-53(21-14-10-4)78(66)84-73(63)49-61/h15-17,22-49H,7-14,18-21H2,1-6H3. The van der Waals surface area contributed by atoms with Crippen molar-refractivity contribution in [2.75, 3.05) is 9.80 Å². The van der Waals surface area contributed by atoms with Crippen LogP contribution in [0.5, 0.6) is 0 Å². The summed E-state index contributed by atoms with van der Waals surface area (Å²) in [6, 6.07) is 71.6. The molecule has 84 heavy (non-hydrogen) atoms. The molecule has 4 heterocycles. The highest BCUT2D eigenvalue weighted by Crippen LogP contribution is 2.57. The van der Waals surface area contributed by atoms with Crippen molar-refractivity contribution in [1.82, 2.24) is 4.40 Å². The van der Waals surface area contributed by atoms with Gasteiger partial charge in [0.25, 0.3) is 0 Å². The first-order valence-electron chi connectivity index (χ1n) is 31.3. The van der Waals surface area contributed by atoms with Crippen LogP contribution in [0, 0.1) is 0 Å². The quantitative estimate of drug-likeness (QED) is 0.0858. The molecule has 5 heteroatoms. The highest BCUT2D eigenvalue weighted by molar-refractivity contribution is 6.21. The largest absolute Gasteiger partial charge is 0.456 e. The van der Waals surface area contributed by atoms with Crippen LogP contribution >= 0.6 is 0 Å². The van der Waals surface area contributed by atoms with Gasteiger partial charge in [-0.15, -0.1) is 0 Å². The van der Waals surface area contributed by atoms with Gasteiger partial charge in [-0.05, 0) is 180 Å². The third-order valence-electron chi connectivity index (χ3n) is 18.8. The number of fused-ring (bicyclic) bond motifs is 15. The van der Waals surface area contributed by atoms with Crippen molar-refractivity contribution < 1.29 is 8.83 Å². The molecule has 0 saturated heterocycles. The van der Waals surface area contributed by atoms with Gasteiger partial charge in [0, 0.05) is 94.9 Å². The molecule has 416 valence electrons. The lowest BCUT2D eigenvalue weighted by molar-refractivity contribution is 0.658. The maximum absolute atomic E-state index is 6.85. The summed E-state index contributed by atoms with van der Waals surface area (Å²) in [7, 11) is 0. The summed E-state index contributed by atoms with van der Waals surface area (Å²) in [5.74, 6) is 0. The number of nitrogens with zero attached hydrogens (tertiary/aromatic N) is 3. The Bertz CT molecular complexity index is 4820. The van der Waals surface area contributed by atoms with Gasteiger partial charge in [-0.1, -0.05) is 158 Å². The first-order chi connectivity index (χ1) is 41.2. The molecular weight excluding hydrogens is 1020 g/mol. The number of rotatable bonds is 18. The van der Waals surface area contributed by atoms with Gasteiger partial charge in [0.05, 0.1) is 16.7 Å². The second-order valence-corrected chi connectivity index (χ2v) is 24.6. The normalized spacial score (nSPS) is 13.1. The summed E-state index contributed by atoms with van der Waals surface area (Å²) < 4.78 is 16.3. The van der Waals surface area contributed by atoms with Crippen molar-refractivity contribution in [3.05, 3.63) is 221 Å². The monoisotopic (exact) mass is 1100 g/mol. The van der Waals surface area contributed by atoms with Crippen molar-refractivity contribution in [3.63, 3.8) is 0 Å². The summed E-state index contributed by atoms with van der Waals surface area (Å²) in [4.78, 5) is 4.86. The van der Waals surface area contributed by atoms with Gasteiger partial charge in [0.1, 0.15) is 22.3 Å². The maximum atomic E-state index is 6.85. The lowest BCUT2D eigenvalue weighted by Crippen LogP contribution is -2.16. The summed E-state index contributed by atoms with van der Waals surface area (Å²) >= 11 is 0. The first kappa shape index (κ1) is 52.0. The van der Waals surface area contributed by atoms with Crippen molar-refractivity contribution >= 4 is 116 Å². The topological polar surface area (TPSA) is 37.2 Å². The van der Waals surface area contributed by atoms with Gasteiger partial charge < -0.3 is 23.0 Å². The van der Waals surface area contributed by atoms with E-state index in [9.17, 15) is 0 Å². The summed E-state index contributed by atoms with van der Waals surface area (Å²) in [5, 5.41) is 11.0. The lowest BCUT2D eigenvalue weighted by atomic mass is 9.81. The minimum Gasteiger partial charge on any atom is -0.456 e. The number of aromatic nitrogens is 1. The molecule has 0 aliphatic heterocycles. The Hall–Kier alpha value is -8.80. The zero-order valence-corrected chi connectivity index (χ0v) is 49.5. The van der Waals surface area contributed by atoms with Gasteiger partial charge in [0.2, 0.25) is 0 Å². The molecule has 0 saturated carbocycles. The predicted octanol–water partition coefficient (Wildman–Crippen LogP) is 23.3. The van der Waals surface area contributed by atoms with E-state index in [1.807, 2.05) is 0 Å². The van der Waals surface area contributed by atoms with Gasteiger partial charge in [0.15, 0.2) is 0 Å². The van der Waals surface area contributed by atoms with E-state index in [1.54, 1.807) is 0 Å². The van der Waals surface area contributed by atoms with Crippen LogP contribution in [-0.4, -0.2) is 4.40 Å². The molecule has 10 aromatic carbocycles. The molecule has 0 fully saturated rings. The SMILES string of the molecule is CCCCc1ccc(N(c2ccc3c(c2)C(C)(C)c2c-3n3c4cc5cc(N(c6ccc(CCCC)cc6)c6ccc7c(c6)oc6c(CCCC)cccc67)ccc5cc4c4cccc2c43)c2ccc3c(c2)oc2c(CCCC)cccc23)cc1. The van der Waals surface area contributed by atoms with E-state index in [0.717, 1.165) is 119 Å². The Morgan fingerprint density at radius 3 is 1.44 bits per heavy atom. The molecule has 0 unspecified atom stereocenters. The van der Waals surface area contributed by atoms with E-state index in [-0.39, 0.29) is 5.41 Å². The van der Waals surface area contributed by atoms with Crippen LogP contribution in [0.4, 0.5) is 34.1 Å². The molecule has 14 aromatic rings. The van der Waals surface area contributed by atoms with Crippen LogP contribution in [0.15, 0.2) is 197 Å². The van der Waals surface area contributed by atoms with Crippen LogP contribution in [0.25, 0.3) is 93.1 Å². The van der Waals surface area contributed by atoms with Crippen molar-refractivity contribution in [1.29, 1.82) is 0 Å². The molecule has 0 amide bonds. The van der Waals surface area contributed by atoms with E-state index >= 15 is 0 Å². The van der Waals surface area contributed by atoms with Crippen molar-refractivity contribution in [2.24, 2.45) is 0 Å². The van der Waals surface area contributed by atoms with E-state index in [4.69, 9.17) is 8.83 Å². The highest BCUT2D eigenvalue weighted by Gasteiger charge is 2.41. The fourth-order valence-corrected chi connectivity index (χ4v) is 14.4. The van der Waals surface area contributed by atoms with Crippen LogP contribution in [0.1, 0.15) is 126 Å². The fourth-order valence-electron chi connectivity index (χ4n) is 14.4. The van der Waals surface area contributed by atoms with Gasteiger partial charge >= 0.3 is 0 Å². The predicted molar refractivity (Wildman–Crippen MR) is 357 cm³/mol. The summed E-state index contributed by atoms with van der Waals surface area (Å²) in [5.41, 5.74) is 23.4. The Labute approximate surface area is 493 Å². The third kappa shape index (κ3) is 8.39. The number of benzene rings is 10. The first-order valence-corrected chi connectivity index (χ1v) is 31.3. The molecule has 1 aliphatic rings. The Morgan fingerprint density at radius 2 is 0.869 bits per heavy atom. The van der Waals surface area contributed by atoms with Gasteiger partial charge in [-0.2, -0.15) is 0 Å². The average Bonchev–Trinajstić information content (AvgIpc) is 1.63. The third-order valence-corrected chi connectivity index (χ3v) is 18.8.